The highest BCUT2D eigenvalue weighted by Gasteiger charge is 2.17. The number of nitrogens with zero attached hydrogens (tertiary/aromatic N) is 1. The van der Waals surface area contributed by atoms with Crippen molar-refractivity contribution in [3.8, 4) is 22.3 Å². The molecule has 9 aromatic carbocycles. The molecule has 2 heteroatoms. The van der Waals surface area contributed by atoms with Crippen molar-refractivity contribution in [3.05, 3.63) is 188 Å². The monoisotopic (exact) mass is 637 g/mol. The van der Waals surface area contributed by atoms with Crippen LogP contribution in [0.15, 0.2) is 192 Å². The molecule has 10 rings (SSSR count). The van der Waals surface area contributed by atoms with Crippen LogP contribution in [-0.2, 0) is 0 Å². The maximum Gasteiger partial charge on any atom is 0.137 e. The Balaban J connectivity index is 1.11. The van der Waals surface area contributed by atoms with Gasteiger partial charge in [-0.1, -0.05) is 133 Å². The molecule has 0 atom stereocenters. The second-order valence-corrected chi connectivity index (χ2v) is 12.9. The molecule has 0 N–H and O–H groups in total. The summed E-state index contributed by atoms with van der Waals surface area (Å²) in [6, 6.07) is 67.5. The Morgan fingerprint density at radius 2 is 0.840 bits per heavy atom. The summed E-state index contributed by atoms with van der Waals surface area (Å²) in [5, 5.41) is 9.81. The van der Waals surface area contributed by atoms with E-state index in [0.29, 0.717) is 0 Å². The summed E-state index contributed by atoms with van der Waals surface area (Å²) in [5.41, 5.74) is 9.82. The van der Waals surface area contributed by atoms with Gasteiger partial charge in [0.25, 0.3) is 0 Å². The van der Waals surface area contributed by atoms with E-state index in [1.807, 2.05) is 12.1 Å². The molecule has 234 valence electrons. The molecule has 2 nitrogen and oxygen atoms in total. The largest absolute Gasteiger partial charge is 0.456 e. The van der Waals surface area contributed by atoms with Gasteiger partial charge >= 0.3 is 0 Å². The molecule has 0 saturated carbocycles. The normalized spacial score (nSPS) is 11.6. The van der Waals surface area contributed by atoms with E-state index in [1.54, 1.807) is 0 Å². The van der Waals surface area contributed by atoms with Gasteiger partial charge in [-0.05, 0) is 103 Å². The molecule has 0 aliphatic rings. The summed E-state index contributed by atoms with van der Waals surface area (Å²) >= 11 is 0. The van der Waals surface area contributed by atoms with Crippen LogP contribution in [0.4, 0.5) is 17.1 Å². The van der Waals surface area contributed by atoms with Crippen molar-refractivity contribution in [2.45, 2.75) is 0 Å². The van der Waals surface area contributed by atoms with Gasteiger partial charge in [0.1, 0.15) is 11.2 Å². The summed E-state index contributed by atoms with van der Waals surface area (Å²) < 4.78 is 6.36. The Kier molecular flexibility index (Phi) is 6.53. The Morgan fingerprint density at radius 1 is 0.300 bits per heavy atom. The van der Waals surface area contributed by atoms with Gasteiger partial charge in [0, 0.05) is 33.9 Å². The van der Waals surface area contributed by atoms with Crippen molar-refractivity contribution in [2.75, 3.05) is 4.90 Å². The second-order valence-electron chi connectivity index (χ2n) is 12.9. The quantitative estimate of drug-likeness (QED) is 0.175. The van der Waals surface area contributed by atoms with Crippen LogP contribution in [0.5, 0.6) is 0 Å². The maximum atomic E-state index is 6.36. The molecule has 1 heterocycles. The average molecular weight is 638 g/mol. The fraction of sp³-hybridized carbons (Fsp3) is 0. The fourth-order valence-electron chi connectivity index (χ4n) is 7.65. The molecule has 0 saturated heterocycles. The summed E-state index contributed by atoms with van der Waals surface area (Å²) in [6.45, 7) is 0. The van der Waals surface area contributed by atoms with Crippen molar-refractivity contribution in [3.63, 3.8) is 0 Å². The topological polar surface area (TPSA) is 16.4 Å². The lowest BCUT2D eigenvalue weighted by Crippen LogP contribution is -2.09. The van der Waals surface area contributed by atoms with Crippen LogP contribution < -0.4 is 4.90 Å². The van der Waals surface area contributed by atoms with Crippen LogP contribution in [0.25, 0.3) is 76.5 Å². The average Bonchev–Trinajstić information content (AvgIpc) is 3.56. The Morgan fingerprint density at radius 3 is 1.60 bits per heavy atom. The van der Waals surface area contributed by atoms with E-state index in [1.165, 1.54) is 54.6 Å². The van der Waals surface area contributed by atoms with E-state index in [4.69, 9.17) is 4.42 Å². The number of furan rings is 1. The van der Waals surface area contributed by atoms with Crippen LogP contribution in [0.1, 0.15) is 0 Å². The zero-order valence-electron chi connectivity index (χ0n) is 27.3. The zero-order valence-corrected chi connectivity index (χ0v) is 27.3. The van der Waals surface area contributed by atoms with Gasteiger partial charge in [0.15, 0.2) is 0 Å². The molecular weight excluding hydrogens is 607 g/mol. The molecule has 0 amide bonds. The summed E-state index contributed by atoms with van der Waals surface area (Å²) in [6.07, 6.45) is 0. The Bertz CT molecular complexity index is 2860. The molecule has 0 fully saturated rings. The van der Waals surface area contributed by atoms with E-state index in [9.17, 15) is 0 Å². The molecular formula is C48H31NO. The standard InChI is InChI=1S/C48H31NO/c1-3-13-39-32(10-1)12-9-18-40(39)33-20-24-36(25-21-33)49(38-28-29-45-44-17-7-8-19-47(44)50-48(45)31-38)37-26-22-34(23-27-37)46-30-35-11-2-4-14-41(35)42-15-5-6-16-43(42)46/h1-31H. The Labute approximate surface area is 290 Å². The number of para-hydroxylation sites is 1. The van der Waals surface area contributed by atoms with Crippen LogP contribution in [0.3, 0.4) is 0 Å². The van der Waals surface area contributed by atoms with Crippen molar-refractivity contribution < 1.29 is 4.42 Å². The molecule has 0 aliphatic heterocycles. The lowest BCUT2D eigenvalue weighted by Gasteiger charge is -2.26. The first-order valence-electron chi connectivity index (χ1n) is 17.1. The third kappa shape index (κ3) is 4.65. The predicted octanol–water partition coefficient (Wildman–Crippen LogP) is 13.8. The third-order valence-corrected chi connectivity index (χ3v) is 10.1. The van der Waals surface area contributed by atoms with E-state index in [2.05, 4.69) is 181 Å². The highest BCUT2D eigenvalue weighted by atomic mass is 16.3. The van der Waals surface area contributed by atoms with Gasteiger partial charge < -0.3 is 9.32 Å². The van der Waals surface area contributed by atoms with Crippen molar-refractivity contribution in [1.82, 2.24) is 0 Å². The van der Waals surface area contributed by atoms with Crippen molar-refractivity contribution in [2.24, 2.45) is 0 Å². The molecule has 0 radical (unpaired) electrons. The van der Waals surface area contributed by atoms with Gasteiger partial charge in [-0.3, -0.25) is 0 Å². The highest BCUT2D eigenvalue weighted by Crippen LogP contribution is 2.41. The number of anilines is 3. The van der Waals surface area contributed by atoms with Gasteiger partial charge in [0.05, 0.1) is 0 Å². The lowest BCUT2D eigenvalue weighted by molar-refractivity contribution is 0.669. The minimum Gasteiger partial charge on any atom is -0.456 e. The van der Waals surface area contributed by atoms with E-state index in [-0.39, 0.29) is 0 Å². The molecule has 0 spiro atoms. The van der Waals surface area contributed by atoms with Crippen LogP contribution in [-0.4, -0.2) is 0 Å². The predicted molar refractivity (Wildman–Crippen MR) is 212 cm³/mol. The van der Waals surface area contributed by atoms with Crippen LogP contribution in [0.2, 0.25) is 0 Å². The minimum atomic E-state index is 0.875. The highest BCUT2D eigenvalue weighted by molar-refractivity contribution is 6.14. The zero-order chi connectivity index (χ0) is 33.0. The SMILES string of the molecule is c1ccc2c(-c3ccc(N(c4ccc(-c5cc6ccccc6c6ccccc56)cc4)c4ccc5c(c4)oc4ccccc45)cc3)cccc2c1. The maximum absolute atomic E-state index is 6.36. The first kappa shape index (κ1) is 28.4. The second kappa shape index (κ2) is 11.5. The first-order chi connectivity index (χ1) is 24.8. The van der Waals surface area contributed by atoms with Crippen molar-refractivity contribution >= 4 is 71.3 Å². The molecule has 0 aliphatic carbocycles. The number of rotatable bonds is 5. The van der Waals surface area contributed by atoms with Gasteiger partial charge in [-0.25, -0.2) is 0 Å². The van der Waals surface area contributed by atoms with E-state index < -0.39 is 0 Å². The smallest absolute Gasteiger partial charge is 0.137 e. The summed E-state index contributed by atoms with van der Waals surface area (Å²) in [5.74, 6) is 0. The van der Waals surface area contributed by atoms with Crippen LogP contribution >= 0.6 is 0 Å². The van der Waals surface area contributed by atoms with Gasteiger partial charge in [-0.15, -0.1) is 0 Å². The third-order valence-electron chi connectivity index (χ3n) is 10.1. The van der Waals surface area contributed by atoms with E-state index in [0.717, 1.165) is 39.0 Å². The molecule has 50 heavy (non-hydrogen) atoms. The lowest BCUT2D eigenvalue weighted by atomic mass is 9.93. The molecule has 1 aromatic heterocycles. The number of fused-ring (bicyclic) bond motifs is 7. The minimum absolute atomic E-state index is 0.875. The van der Waals surface area contributed by atoms with Gasteiger partial charge in [0.2, 0.25) is 0 Å². The Hall–Kier alpha value is -6.64. The summed E-state index contributed by atoms with van der Waals surface area (Å²) in [4.78, 5) is 2.32. The first-order valence-corrected chi connectivity index (χ1v) is 17.1. The van der Waals surface area contributed by atoms with Crippen molar-refractivity contribution in [1.29, 1.82) is 0 Å². The number of hydrogen-bond acceptors (Lipinski definition) is 2. The molecule has 0 bridgehead atoms. The molecule has 0 unspecified atom stereocenters. The number of benzene rings is 9. The van der Waals surface area contributed by atoms with E-state index >= 15 is 0 Å². The van der Waals surface area contributed by atoms with Crippen LogP contribution in [0, 0.1) is 0 Å². The number of hydrogen-bond donors (Lipinski definition) is 0. The summed E-state index contributed by atoms with van der Waals surface area (Å²) in [7, 11) is 0. The molecule has 10 aromatic rings. The van der Waals surface area contributed by atoms with Gasteiger partial charge in [-0.2, -0.15) is 0 Å². The fourth-order valence-corrected chi connectivity index (χ4v) is 7.65.